The Morgan fingerprint density at radius 3 is 2.04 bits per heavy atom. The van der Waals surface area contributed by atoms with Crippen LogP contribution in [0.15, 0.2) is 143 Å². The van der Waals surface area contributed by atoms with Crippen molar-refractivity contribution in [3.05, 3.63) is 144 Å². The lowest BCUT2D eigenvalue weighted by Gasteiger charge is -2.09. The van der Waals surface area contributed by atoms with Crippen molar-refractivity contribution in [1.29, 1.82) is 0 Å². The van der Waals surface area contributed by atoms with Crippen LogP contribution in [0.25, 0.3) is 21.5 Å². The fraction of sp³-hybridized carbons (Fsp3) is 0. The third-order valence-electron chi connectivity index (χ3n) is 7.40. The van der Waals surface area contributed by atoms with Gasteiger partial charge in [0.05, 0.1) is 26.9 Å². The number of nitrogens with one attached hydrogen (secondary N) is 2. The minimum absolute atomic E-state index is 0.105. The van der Waals surface area contributed by atoms with Crippen LogP contribution in [-0.4, -0.2) is 30.9 Å². The summed E-state index contributed by atoms with van der Waals surface area (Å²) < 4.78 is 66.6. The van der Waals surface area contributed by atoms with Gasteiger partial charge in [0.25, 0.3) is 25.9 Å². The molecule has 0 amide bonds. The van der Waals surface area contributed by atoms with E-state index in [0.717, 1.165) is 12.1 Å². The van der Waals surface area contributed by atoms with Crippen LogP contribution in [0.4, 0.5) is 28.4 Å². The second kappa shape index (κ2) is 13.4. The highest BCUT2D eigenvalue weighted by atomic mass is 32.2. The van der Waals surface area contributed by atoms with E-state index < -0.39 is 52.0 Å². The zero-order valence-corrected chi connectivity index (χ0v) is 27.2. The lowest BCUT2D eigenvalue weighted by Crippen LogP contribution is -2.48. The SMILES string of the molecule is O=c1c(N=Nc2cccc3ccc(S(=O)(=O)O)cc23)c/c(=N\Nc2ccc([N+](=O)[O-])cc2)c(=O)/c1=N/Nc1ccc(S(=O)(=O)O)c2ccccc12. The Kier molecular flexibility index (Phi) is 9.02. The Morgan fingerprint density at radius 2 is 1.35 bits per heavy atom. The highest BCUT2D eigenvalue weighted by Crippen LogP contribution is 2.30. The molecule has 0 saturated carbocycles. The normalized spacial score (nSPS) is 12.9. The summed E-state index contributed by atoms with van der Waals surface area (Å²) in [6.07, 6.45) is 0. The average Bonchev–Trinajstić information content (AvgIpc) is 3.09. The third-order valence-corrected chi connectivity index (χ3v) is 9.16. The van der Waals surface area contributed by atoms with Crippen LogP contribution in [0.1, 0.15) is 0 Å². The molecule has 0 aliphatic carbocycles. The molecule has 6 aromatic carbocycles. The molecule has 0 atom stereocenters. The molecule has 0 spiro atoms. The molecule has 0 aliphatic heterocycles. The van der Waals surface area contributed by atoms with Gasteiger partial charge in [0.2, 0.25) is 10.9 Å². The average molecular weight is 728 g/mol. The second-order valence-corrected chi connectivity index (χ2v) is 13.5. The molecule has 6 rings (SSSR count). The van der Waals surface area contributed by atoms with E-state index in [9.17, 15) is 45.6 Å². The van der Waals surface area contributed by atoms with Crippen LogP contribution in [0.5, 0.6) is 0 Å². The lowest BCUT2D eigenvalue weighted by molar-refractivity contribution is -0.384. The topological polar surface area (TPSA) is 260 Å². The summed E-state index contributed by atoms with van der Waals surface area (Å²) in [5.74, 6) is 0. The van der Waals surface area contributed by atoms with Gasteiger partial charge in [0.1, 0.15) is 15.9 Å². The fourth-order valence-corrected chi connectivity index (χ4v) is 6.15. The quantitative estimate of drug-likeness (QED) is 0.0705. The smallest absolute Gasteiger partial charge is 0.285 e. The van der Waals surface area contributed by atoms with Crippen molar-refractivity contribution in [1.82, 2.24) is 0 Å². The Hall–Kier alpha value is -6.54. The molecule has 4 N–H and O–H groups in total. The van der Waals surface area contributed by atoms with Gasteiger partial charge >= 0.3 is 0 Å². The van der Waals surface area contributed by atoms with Crippen molar-refractivity contribution in [2.45, 2.75) is 9.79 Å². The largest absolute Gasteiger partial charge is 0.295 e. The van der Waals surface area contributed by atoms with Gasteiger partial charge in [-0.2, -0.15) is 27.0 Å². The van der Waals surface area contributed by atoms with Gasteiger partial charge in [-0.15, -0.1) is 10.2 Å². The van der Waals surface area contributed by atoms with Gasteiger partial charge in [0, 0.05) is 34.4 Å². The number of non-ortho nitro benzene ring substituents is 1. The van der Waals surface area contributed by atoms with E-state index in [1.807, 2.05) is 0 Å². The van der Waals surface area contributed by atoms with Crippen molar-refractivity contribution in [3.8, 4) is 0 Å². The summed E-state index contributed by atoms with van der Waals surface area (Å²) in [4.78, 5) is 36.8. The van der Waals surface area contributed by atoms with Gasteiger partial charge in [-0.3, -0.25) is 39.7 Å². The van der Waals surface area contributed by atoms with E-state index >= 15 is 0 Å². The molecule has 0 heterocycles. The van der Waals surface area contributed by atoms with E-state index in [1.54, 1.807) is 24.3 Å². The minimum atomic E-state index is -4.60. The van der Waals surface area contributed by atoms with Crippen molar-refractivity contribution in [3.63, 3.8) is 0 Å². The van der Waals surface area contributed by atoms with E-state index in [2.05, 4.69) is 31.3 Å². The summed E-state index contributed by atoms with van der Waals surface area (Å²) in [6.45, 7) is 0. The molecule has 0 radical (unpaired) electrons. The molecular formula is C32H21N7O10S2. The molecule has 0 saturated heterocycles. The number of benzene rings is 6. The minimum Gasteiger partial charge on any atom is -0.285 e. The van der Waals surface area contributed by atoms with Crippen LogP contribution in [0.3, 0.4) is 0 Å². The van der Waals surface area contributed by atoms with Crippen molar-refractivity contribution >= 4 is 70.2 Å². The predicted molar refractivity (Wildman–Crippen MR) is 185 cm³/mol. The highest BCUT2D eigenvalue weighted by Gasteiger charge is 2.16. The Labute approximate surface area is 285 Å². The van der Waals surface area contributed by atoms with Crippen molar-refractivity contribution < 1.29 is 30.9 Å². The first-order chi connectivity index (χ1) is 24.2. The van der Waals surface area contributed by atoms with Gasteiger partial charge in [-0.25, -0.2) is 0 Å². The summed E-state index contributed by atoms with van der Waals surface area (Å²) in [7, 11) is -9.16. The zero-order chi connectivity index (χ0) is 36.5. The van der Waals surface area contributed by atoms with E-state index in [-0.39, 0.29) is 49.2 Å². The summed E-state index contributed by atoms with van der Waals surface area (Å²) >= 11 is 0. The number of nitro groups is 1. The molecular weight excluding hydrogens is 707 g/mol. The number of azo groups is 1. The fourth-order valence-electron chi connectivity index (χ4n) is 4.95. The van der Waals surface area contributed by atoms with E-state index in [0.29, 0.717) is 5.39 Å². The third kappa shape index (κ3) is 7.26. The first kappa shape index (κ1) is 34.3. The maximum atomic E-state index is 13.6. The predicted octanol–water partition coefficient (Wildman–Crippen LogP) is 4.26. The number of hydrogen-bond acceptors (Lipinski definition) is 14. The number of nitro benzene ring substituents is 1. The van der Waals surface area contributed by atoms with Gasteiger partial charge in [0.15, 0.2) is 5.36 Å². The number of rotatable bonds is 9. The number of nitrogens with zero attached hydrogens (tertiary/aromatic N) is 5. The second-order valence-electron chi connectivity index (χ2n) is 10.6. The van der Waals surface area contributed by atoms with Crippen LogP contribution in [-0.2, 0) is 20.2 Å². The van der Waals surface area contributed by atoms with Crippen LogP contribution >= 0.6 is 0 Å². The van der Waals surface area contributed by atoms with Crippen molar-refractivity contribution in [2.75, 3.05) is 10.9 Å². The molecule has 0 aromatic heterocycles. The number of anilines is 2. The van der Waals surface area contributed by atoms with E-state index in [4.69, 9.17) is 0 Å². The first-order valence-electron chi connectivity index (χ1n) is 14.3. The van der Waals surface area contributed by atoms with Crippen LogP contribution in [0.2, 0.25) is 0 Å². The van der Waals surface area contributed by atoms with Gasteiger partial charge in [-0.1, -0.05) is 42.5 Å². The molecule has 0 unspecified atom stereocenters. The summed E-state index contributed by atoms with van der Waals surface area (Å²) in [5, 5.41) is 27.4. The highest BCUT2D eigenvalue weighted by molar-refractivity contribution is 7.86. The maximum absolute atomic E-state index is 13.6. The molecule has 0 aliphatic rings. The van der Waals surface area contributed by atoms with E-state index in [1.165, 1.54) is 66.7 Å². The molecule has 51 heavy (non-hydrogen) atoms. The zero-order valence-electron chi connectivity index (χ0n) is 25.5. The first-order valence-corrected chi connectivity index (χ1v) is 17.2. The van der Waals surface area contributed by atoms with Crippen molar-refractivity contribution in [2.24, 2.45) is 20.4 Å². The molecule has 0 fully saturated rings. The number of hydrogen-bond donors (Lipinski definition) is 4. The molecule has 6 aromatic rings. The molecule has 17 nitrogen and oxygen atoms in total. The van der Waals surface area contributed by atoms with Crippen LogP contribution in [0, 0.1) is 10.1 Å². The maximum Gasteiger partial charge on any atom is 0.295 e. The lowest BCUT2D eigenvalue weighted by atomic mass is 10.1. The molecule has 19 heteroatoms. The Balaban J connectivity index is 1.50. The van der Waals surface area contributed by atoms with Crippen LogP contribution < -0.4 is 32.4 Å². The monoisotopic (exact) mass is 727 g/mol. The summed E-state index contributed by atoms with van der Waals surface area (Å²) in [5.41, 5.74) is 3.12. The molecule has 0 bridgehead atoms. The number of fused-ring (bicyclic) bond motifs is 2. The van der Waals surface area contributed by atoms with Gasteiger partial charge < -0.3 is 0 Å². The summed E-state index contributed by atoms with van der Waals surface area (Å²) in [6, 6.07) is 23.1. The van der Waals surface area contributed by atoms with Gasteiger partial charge in [-0.05, 0) is 47.9 Å². The standard InChI is InChI=1S/C32H21N7O10S2/c40-31-27(36-33-19-9-11-20(12-10-19)39(42)43)17-28(37-34-25-7-3-4-18-8-13-21(16-24(18)25)50(44,45)46)32(41)30(31)38-35-26-14-15-29(51(47,48)49)23-6-2-1-5-22(23)26/h1-17,33,35H,(H,44,45,46)(H,47,48,49)/b36-27+,37-34?,38-30-. The Morgan fingerprint density at radius 1 is 0.647 bits per heavy atom. The molecule has 256 valence electrons. The Bertz CT molecular complexity index is 2890.